The van der Waals surface area contributed by atoms with Crippen LogP contribution in [0.4, 0.5) is 4.39 Å². The van der Waals surface area contributed by atoms with Crippen molar-refractivity contribution in [3.63, 3.8) is 0 Å². The van der Waals surface area contributed by atoms with E-state index in [1.807, 2.05) is 36.4 Å². The molecule has 2 aromatic rings. The van der Waals surface area contributed by atoms with E-state index in [2.05, 4.69) is 0 Å². The molecule has 2 nitrogen and oxygen atoms in total. The van der Waals surface area contributed by atoms with E-state index in [9.17, 15) is 12.8 Å². The summed E-state index contributed by atoms with van der Waals surface area (Å²) < 4.78 is 37.3. The van der Waals surface area contributed by atoms with Crippen molar-refractivity contribution in [2.24, 2.45) is 0 Å². The number of sulfone groups is 1. The summed E-state index contributed by atoms with van der Waals surface area (Å²) in [5.74, 6) is -0.747. The van der Waals surface area contributed by atoms with Gasteiger partial charge in [0.15, 0.2) is 9.84 Å². The molecular formula is C17H16ClFO2S. The van der Waals surface area contributed by atoms with Gasteiger partial charge >= 0.3 is 0 Å². The van der Waals surface area contributed by atoms with Gasteiger partial charge in [0.05, 0.1) is 15.7 Å². The average molecular weight is 339 g/mol. The Labute approximate surface area is 135 Å². The lowest BCUT2D eigenvalue weighted by molar-refractivity contribution is 0.597. The maximum Gasteiger partial charge on any atom is 0.181 e. The first-order chi connectivity index (χ1) is 10.5. The molecule has 2 rings (SSSR count). The molecule has 0 bridgehead atoms. The first-order valence-corrected chi connectivity index (χ1v) is 8.89. The minimum absolute atomic E-state index is 0.0339. The van der Waals surface area contributed by atoms with Crippen molar-refractivity contribution in [2.45, 2.75) is 17.7 Å². The highest BCUT2D eigenvalue weighted by atomic mass is 35.5. The van der Waals surface area contributed by atoms with Crippen molar-refractivity contribution in [3.05, 3.63) is 77.1 Å². The first-order valence-electron chi connectivity index (χ1n) is 6.86. The molecule has 0 aliphatic carbocycles. The molecule has 5 heteroatoms. The Hall–Kier alpha value is -1.65. The van der Waals surface area contributed by atoms with Crippen molar-refractivity contribution in [2.75, 3.05) is 5.75 Å². The van der Waals surface area contributed by atoms with Crippen LogP contribution in [0.5, 0.6) is 0 Å². The lowest BCUT2D eigenvalue weighted by Gasteiger charge is -2.02. The van der Waals surface area contributed by atoms with Crippen LogP contribution in [0.25, 0.3) is 0 Å². The minimum atomic E-state index is -3.48. The van der Waals surface area contributed by atoms with Gasteiger partial charge in [-0.15, -0.1) is 0 Å². The van der Waals surface area contributed by atoms with E-state index in [4.69, 9.17) is 11.6 Å². The second-order valence-corrected chi connectivity index (χ2v) is 7.29. The van der Waals surface area contributed by atoms with E-state index >= 15 is 0 Å². The summed E-state index contributed by atoms with van der Waals surface area (Å²) in [6, 6.07) is 13.4. The van der Waals surface area contributed by atoms with Crippen molar-refractivity contribution in [1.29, 1.82) is 0 Å². The number of hydrogen-bond acceptors (Lipinski definition) is 2. The number of hydrogen-bond donors (Lipinski definition) is 0. The number of allylic oxidation sites excluding steroid dienone is 1. The smallest absolute Gasteiger partial charge is 0.181 e. The Morgan fingerprint density at radius 2 is 1.77 bits per heavy atom. The van der Waals surface area contributed by atoms with Crippen LogP contribution in [0, 0.1) is 5.82 Å². The van der Waals surface area contributed by atoms with Crippen molar-refractivity contribution >= 4 is 21.4 Å². The van der Waals surface area contributed by atoms with Gasteiger partial charge in [-0.05, 0) is 36.6 Å². The monoisotopic (exact) mass is 338 g/mol. The van der Waals surface area contributed by atoms with Gasteiger partial charge in [-0.3, -0.25) is 0 Å². The van der Waals surface area contributed by atoms with Crippen LogP contribution in [-0.4, -0.2) is 14.2 Å². The third-order valence-corrected chi connectivity index (χ3v) is 5.07. The molecule has 0 amide bonds. The number of aryl methyl sites for hydroxylation is 1. The second-order valence-electron chi connectivity index (χ2n) is 4.85. The molecule has 116 valence electrons. The van der Waals surface area contributed by atoms with Gasteiger partial charge in [0, 0.05) is 0 Å². The molecular weight excluding hydrogens is 323 g/mol. The first kappa shape index (κ1) is 16.7. The SMILES string of the molecule is O=S(=O)(CC=CCCc1ccccc1)c1ccc(F)c(Cl)c1. The lowest BCUT2D eigenvalue weighted by Crippen LogP contribution is -2.05. The summed E-state index contributed by atoms with van der Waals surface area (Å²) in [7, 11) is -3.48. The van der Waals surface area contributed by atoms with Gasteiger partial charge in [0.25, 0.3) is 0 Å². The quantitative estimate of drug-likeness (QED) is 0.576. The van der Waals surface area contributed by atoms with E-state index in [1.165, 1.54) is 11.6 Å². The zero-order valence-electron chi connectivity index (χ0n) is 11.9. The summed E-state index contributed by atoms with van der Waals surface area (Å²) in [6.07, 6.45) is 5.09. The molecule has 0 unspecified atom stereocenters. The van der Waals surface area contributed by atoms with E-state index < -0.39 is 15.7 Å². The molecule has 0 N–H and O–H groups in total. The molecule has 0 atom stereocenters. The molecule has 0 aliphatic heterocycles. The summed E-state index contributed by atoms with van der Waals surface area (Å²) in [4.78, 5) is 0.0339. The predicted molar refractivity (Wildman–Crippen MR) is 87.4 cm³/mol. The maximum absolute atomic E-state index is 13.1. The molecule has 0 spiro atoms. The molecule has 0 radical (unpaired) electrons. The van der Waals surface area contributed by atoms with Gasteiger partial charge in [-0.1, -0.05) is 54.1 Å². The van der Waals surface area contributed by atoms with Crippen molar-refractivity contribution in [1.82, 2.24) is 0 Å². The number of rotatable bonds is 6. The van der Waals surface area contributed by atoms with Gasteiger partial charge in [-0.25, -0.2) is 12.8 Å². The Kier molecular flexibility index (Phi) is 5.75. The largest absolute Gasteiger partial charge is 0.223 e. The van der Waals surface area contributed by atoms with Gasteiger partial charge in [0.1, 0.15) is 5.82 Å². The average Bonchev–Trinajstić information content (AvgIpc) is 2.50. The number of halogens is 2. The third kappa shape index (κ3) is 4.68. The molecule has 0 fully saturated rings. The molecule has 0 heterocycles. The van der Waals surface area contributed by atoms with E-state index in [1.54, 1.807) is 6.08 Å². The zero-order valence-corrected chi connectivity index (χ0v) is 13.4. The maximum atomic E-state index is 13.1. The van der Waals surface area contributed by atoms with Crippen LogP contribution in [-0.2, 0) is 16.3 Å². The van der Waals surface area contributed by atoms with Crippen LogP contribution < -0.4 is 0 Å². The van der Waals surface area contributed by atoms with Crippen molar-refractivity contribution < 1.29 is 12.8 Å². The van der Waals surface area contributed by atoms with E-state index in [0.29, 0.717) is 0 Å². The highest BCUT2D eigenvalue weighted by molar-refractivity contribution is 7.91. The van der Waals surface area contributed by atoms with Gasteiger partial charge < -0.3 is 0 Å². The predicted octanol–water partition coefficient (Wildman–Crippen LogP) is 4.44. The third-order valence-electron chi connectivity index (χ3n) is 3.17. The Bertz CT molecular complexity index is 755. The molecule has 22 heavy (non-hydrogen) atoms. The van der Waals surface area contributed by atoms with Crippen LogP contribution in [0.15, 0.2) is 65.6 Å². The molecule has 0 aromatic heterocycles. The van der Waals surface area contributed by atoms with Crippen LogP contribution >= 0.6 is 11.6 Å². The van der Waals surface area contributed by atoms with Gasteiger partial charge in [-0.2, -0.15) is 0 Å². The molecule has 0 saturated heterocycles. The highest BCUT2D eigenvalue weighted by Crippen LogP contribution is 2.20. The van der Waals surface area contributed by atoms with E-state index in [-0.39, 0.29) is 15.7 Å². The van der Waals surface area contributed by atoms with E-state index in [0.717, 1.165) is 25.0 Å². The molecule has 2 aromatic carbocycles. The fourth-order valence-corrected chi connectivity index (χ4v) is 3.37. The molecule has 0 saturated carbocycles. The Morgan fingerprint density at radius 3 is 2.45 bits per heavy atom. The topological polar surface area (TPSA) is 34.1 Å². The zero-order chi connectivity index (χ0) is 16.0. The Morgan fingerprint density at radius 1 is 1.05 bits per heavy atom. The summed E-state index contributed by atoms with van der Waals surface area (Å²) in [5.41, 5.74) is 1.21. The van der Waals surface area contributed by atoms with Crippen LogP contribution in [0.1, 0.15) is 12.0 Å². The van der Waals surface area contributed by atoms with Crippen molar-refractivity contribution in [3.8, 4) is 0 Å². The fraction of sp³-hybridized carbons (Fsp3) is 0.176. The fourth-order valence-electron chi connectivity index (χ4n) is 1.97. The normalized spacial score (nSPS) is 11.9. The highest BCUT2D eigenvalue weighted by Gasteiger charge is 2.14. The minimum Gasteiger partial charge on any atom is -0.223 e. The van der Waals surface area contributed by atoms with Crippen LogP contribution in [0.2, 0.25) is 5.02 Å². The summed E-state index contributed by atoms with van der Waals surface area (Å²) in [5, 5.41) is -0.186. The second kappa shape index (κ2) is 7.56. The molecule has 0 aliphatic rings. The summed E-state index contributed by atoms with van der Waals surface area (Å²) >= 11 is 5.61. The standard InChI is InChI=1S/C17H16ClFO2S/c18-16-13-15(10-11-17(16)19)22(20,21)12-6-2-5-9-14-7-3-1-4-8-14/h1-4,6-8,10-11,13H,5,9,12H2. The lowest BCUT2D eigenvalue weighted by atomic mass is 10.1. The number of benzene rings is 2. The Balaban J connectivity index is 1.92. The van der Waals surface area contributed by atoms with Gasteiger partial charge in [0.2, 0.25) is 0 Å². The van der Waals surface area contributed by atoms with Crippen LogP contribution in [0.3, 0.4) is 0 Å². The summed E-state index contributed by atoms with van der Waals surface area (Å²) in [6.45, 7) is 0.